The Morgan fingerprint density at radius 2 is 0.527 bits per heavy atom. The molecule has 74 heavy (non-hydrogen) atoms. The number of allylic oxidation sites excluding steroid dienone is 12. The summed E-state index contributed by atoms with van der Waals surface area (Å²) >= 11 is 0. The third kappa shape index (κ3) is 59.7. The van der Waals surface area contributed by atoms with Gasteiger partial charge in [0.25, 0.3) is 0 Å². The standard InChI is InChI=1S/C68H120O6/c1-4-7-10-13-16-19-21-23-25-27-28-29-30-31-32-33-34-35-36-37-38-39-40-42-43-45-47-49-52-55-58-61-67(70)73-64-65(63-72-66(69)60-57-54-51-18-15-12-9-6-3)74-68(71)62-59-56-53-50-48-46-44-41-26-24-22-20-17-14-11-8-5-2/h7,10,16,19,23,25,28-29,31-32,34-35,65H,4-6,8-9,11-15,17-18,20-22,24,26-27,30,33,36-64H2,1-3H3/b10-7-,19-16-,25-23-,29-28-,32-31-,35-34-. The Morgan fingerprint density at radius 1 is 0.284 bits per heavy atom. The van der Waals surface area contributed by atoms with Gasteiger partial charge in [-0.25, -0.2) is 0 Å². The summed E-state index contributed by atoms with van der Waals surface area (Å²) in [5, 5.41) is 0. The molecule has 0 aromatic carbocycles. The highest BCUT2D eigenvalue weighted by molar-refractivity contribution is 5.71. The fourth-order valence-electron chi connectivity index (χ4n) is 9.21. The first-order chi connectivity index (χ1) is 36.5. The van der Waals surface area contributed by atoms with E-state index in [-0.39, 0.29) is 31.1 Å². The predicted octanol–water partition coefficient (Wildman–Crippen LogP) is 21.7. The summed E-state index contributed by atoms with van der Waals surface area (Å²) in [5.41, 5.74) is 0. The van der Waals surface area contributed by atoms with E-state index in [0.29, 0.717) is 19.3 Å². The maximum atomic E-state index is 12.8. The average Bonchev–Trinajstić information content (AvgIpc) is 3.40. The van der Waals surface area contributed by atoms with Gasteiger partial charge in [-0.2, -0.15) is 0 Å². The van der Waals surface area contributed by atoms with Crippen molar-refractivity contribution < 1.29 is 28.6 Å². The summed E-state index contributed by atoms with van der Waals surface area (Å²) in [6.45, 7) is 6.53. The second-order valence-corrected chi connectivity index (χ2v) is 21.3. The zero-order valence-electron chi connectivity index (χ0n) is 49.1. The molecule has 428 valence electrons. The molecule has 0 radical (unpaired) electrons. The average molecular weight is 1030 g/mol. The maximum Gasteiger partial charge on any atom is 0.306 e. The van der Waals surface area contributed by atoms with Gasteiger partial charge >= 0.3 is 17.9 Å². The van der Waals surface area contributed by atoms with Gasteiger partial charge in [0.05, 0.1) is 0 Å². The van der Waals surface area contributed by atoms with Crippen LogP contribution in [0, 0.1) is 0 Å². The van der Waals surface area contributed by atoms with Crippen molar-refractivity contribution in [1.29, 1.82) is 0 Å². The molecule has 0 aliphatic rings. The van der Waals surface area contributed by atoms with Gasteiger partial charge in [0.15, 0.2) is 6.10 Å². The topological polar surface area (TPSA) is 78.9 Å². The summed E-state index contributed by atoms with van der Waals surface area (Å²) in [6.07, 6.45) is 80.7. The minimum Gasteiger partial charge on any atom is -0.462 e. The first-order valence-electron chi connectivity index (χ1n) is 31.9. The lowest BCUT2D eigenvalue weighted by molar-refractivity contribution is -0.167. The van der Waals surface area contributed by atoms with E-state index in [1.807, 2.05) is 0 Å². The van der Waals surface area contributed by atoms with Gasteiger partial charge in [0, 0.05) is 19.3 Å². The second-order valence-electron chi connectivity index (χ2n) is 21.3. The van der Waals surface area contributed by atoms with E-state index in [1.54, 1.807) is 0 Å². The van der Waals surface area contributed by atoms with Crippen molar-refractivity contribution >= 4 is 17.9 Å². The molecule has 0 aliphatic carbocycles. The molecule has 0 N–H and O–H groups in total. The lowest BCUT2D eigenvalue weighted by Crippen LogP contribution is -2.30. The fraction of sp³-hybridized carbons (Fsp3) is 0.779. The van der Waals surface area contributed by atoms with Crippen molar-refractivity contribution in [3.63, 3.8) is 0 Å². The van der Waals surface area contributed by atoms with Gasteiger partial charge in [-0.15, -0.1) is 0 Å². The number of carbonyl (C=O) groups excluding carboxylic acids is 3. The fourth-order valence-corrected chi connectivity index (χ4v) is 9.21. The summed E-state index contributed by atoms with van der Waals surface area (Å²) in [6, 6.07) is 0. The Morgan fingerprint density at radius 3 is 0.824 bits per heavy atom. The van der Waals surface area contributed by atoms with Crippen LogP contribution in [0.1, 0.15) is 323 Å². The van der Waals surface area contributed by atoms with E-state index in [4.69, 9.17) is 14.2 Å². The monoisotopic (exact) mass is 1030 g/mol. The molecule has 1 unspecified atom stereocenters. The second kappa shape index (κ2) is 62.4. The highest BCUT2D eigenvalue weighted by Crippen LogP contribution is 2.17. The third-order valence-electron chi connectivity index (χ3n) is 14.0. The number of ether oxygens (including phenoxy) is 3. The highest BCUT2D eigenvalue weighted by Gasteiger charge is 2.19. The molecule has 0 aliphatic heterocycles. The van der Waals surface area contributed by atoms with Crippen molar-refractivity contribution in [3.05, 3.63) is 72.9 Å². The van der Waals surface area contributed by atoms with Gasteiger partial charge < -0.3 is 14.2 Å². The van der Waals surface area contributed by atoms with Gasteiger partial charge in [0.1, 0.15) is 13.2 Å². The van der Waals surface area contributed by atoms with Crippen molar-refractivity contribution in [2.24, 2.45) is 0 Å². The van der Waals surface area contributed by atoms with Crippen molar-refractivity contribution in [1.82, 2.24) is 0 Å². The molecule has 6 heteroatoms. The van der Waals surface area contributed by atoms with Crippen LogP contribution in [0.5, 0.6) is 0 Å². The molecular formula is C68H120O6. The van der Waals surface area contributed by atoms with Gasteiger partial charge in [-0.3, -0.25) is 14.4 Å². The molecule has 0 spiro atoms. The van der Waals surface area contributed by atoms with Crippen LogP contribution in [0.2, 0.25) is 0 Å². The van der Waals surface area contributed by atoms with E-state index in [1.165, 1.54) is 186 Å². The van der Waals surface area contributed by atoms with Gasteiger partial charge in [0.2, 0.25) is 0 Å². The van der Waals surface area contributed by atoms with Crippen LogP contribution in [0.15, 0.2) is 72.9 Å². The number of hydrogen-bond donors (Lipinski definition) is 0. The normalized spacial score (nSPS) is 12.5. The first-order valence-corrected chi connectivity index (χ1v) is 31.9. The van der Waals surface area contributed by atoms with Crippen LogP contribution in [0.3, 0.4) is 0 Å². The molecule has 0 bridgehead atoms. The predicted molar refractivity (Wildman–Crippen MR) is 321 cm³/mol. The number of esters is 3. The van der Waals surface area contributed by atoms with Gasteiger partial charge in [-0.05, 0) is 70.6 Å². The van der Waals surface area contributed by atoms with Crippen LogP contribution >= 0.6 is 0 Å². The van der Waals surface area contributed by atoms with E-state index >= 15 is 0 Å². The molecular weight excluding hydrogens is 913 g/mol. The quantitative estimate of drug-likeness (QED) is 0.0261. The molecule has 0 saturated carbocycles. The lowest BCUT2D eigenvalue weighted by Gasteiger charge is -2.18. The van der Waals surface area contributed by atoms with Crippen molar-refractivity contribution in [2.45, 2.75) is 329 Å². The molecule has 1 atom stereocenters. The van der Waals surface area contributed by atoms with Crippen LogP contribution in [-0.2, 0) is 28.6 Å². The minimum absolute atomic E-state index is 0.0704. The summed E-state index contributed by atoms with van der Waals surface area (Å²) in [4.78, 5) is 38.1. The minimum atomic E-state index is -0.770. The largest absolute Gasteiger partial charge is 0.462 e. The molecule has 0 saturated heterocycles. The maximum absolute atomic E-state index is 12.8. The summed E-state index contributed by atoms with van der Waals surface area (Å²) in [7, 11) is 0. The Bertz CT molecular complexity index is 1370. The summed E-state index contributed by atoms with van der Waals surface area (Å²) < 4.78 is 16.9. The highest BCUT2D eigenvalue weighted by atomic mass is 16.6. The number of hydrogen-bond acceptors (Lipinski definition) is 6. The van der Waals surface area contributed by atoms with E-state index in [2.05, 4.69) is 93.7 Å². The lowest BCUT2D eigenvalue weighted by atomic mass is 10.0. The molecule has 0 amide bonds. The Kier molecular flexibility index (Phi) is 59.7. The molecule has 0 rings (SSSR count). The van der Waals surface area contributed by atoms with Crippen molar-refractivity contribution in [2.75, 3.05) is 13.2 Å². The van der Waals surface area contributed by atoms with E-state index in [9.17, 15) is 14.4 Å². The Balaban J connectivity index is 4.10. The Labute approximate surface area is 459 Å². The Hall–Kier alpha value is -3.15. The van der Waals surface area contributed by atoms with Crippen LogP contribution < -0.4 is 0 Å². The van der Waals surface area contributed by atoms with E-state index in [0.717, 1.165) is 96.3 Å². The van der Waals surface area contributed by atoms with Crippen molar-refractivity contribution in [3.8, 4) is 0 Å². The number of rotatable bonds is 58. The smallest absolute Gasteiger partial charge is 0.306 e. The summed E-state index contributed by atoms with van der Waals surface area (Å²) in [5.74, 6) is -0.861. The van der Waals surface area contributed by atoms with Crippen LogP contribution in [0.25, 0.3) is 0 Å². The molecule has 0 aromatic rings. The molecule has 6 nitrogen and oxygen atoms in total. The van der Waals surface area contributed by atoms with E-state index < -0.39 is 6.10 Å². The zero-order chi connectivity index (χ0) is 53.6. The zero-order valence-corrected chi connectivity index (χ0v) is 49.1. The number of carbonyl (C=O) groups is 3. The van der Waals surface area contributed by atoms with Gasteiger partial charge in [-0.1, -0.05) is 306 Å². The third-order valence-corrected chi connectivity index (χ3v) is 14.0. The molecule has 0 fully saturated rings. The molecule has 0 heterocycles. The van der Waals surface area contributed by atoms with Crippen LogP contribution in [-0.4, -0.2) is 37.2 Å². The molecule has 0 aromatic heterocycles. The SMILES string of the molecule is CC/C=C\C/C=C\C/C=C\C/C=C\C/C=C\C/C=C\CCCCCCCCCCCCCCC(=O)OCC(COC(=O)CCCCCCCCCC)OC(=O)CCCCCCCCCCCCCCCCCCC. The first kappa shape index (κ1) is 70.8. The number of unbranched alkanes of at least 4 members (excludes halogenated alkanes) is 35. The van der Waals surface area contributed by atoms with Crippen LogP contribution in [0.4, 0.5) is 0 Å².